The number of aryl methyl sites for hydroxylation is 1. The van der Waals surface area contributed by atoms with Gasteiger partial charge >= 0.3 is 0 Å². The Morgan fingerprint density at radius 3 is 2.48 bits per heavy atom. The van der Waals surface area contributed by atoms with Crippen LogP contribution in [0.25, 0.3) is 0 Å². The second-order valence-electron chi connectivity index (χ2n) is 7.47. The molecule has 3 unspecified atom stereocenters. The summed E-state index contributed by atoms with van der Waals surface area (Å²) in [5.74, 6) is 0. The molecule has 1 heterocycles. The van der Waals surface area contributed by atoms with Gasteiger partial charge in [0.25, 0.3) is 0 Å². The Hall–Kier alpha value is -0.900. The van der Waals surface area contributed by atoms with Crippen molar-refractivity contribution < 1.29 is 5.11 Å². The first-order chi connectivity index (χ1) is 11.1. The monoisotopic (exact) mass is 316 g/mol. The molecule has 0 aromatic heterocycles. The van der Waals surface area contributed by atoms with Crippen LogP contribution in [0, 0.1) is 6.92 Å². The number of nitrogens with zero attached hydrogens (tertiary/aromatic N) is 1. The number of aliphatic hydroxyl groups excluding tert-OH is 1. The number of hydrogen-bond donors (Lipinski definition) is 2. The van der Waals surface area contributed by atoms with Crippen molar-refractivity contribution in [3.05, 3.63) is 35.4 Å². The van der Waals surface area contributed by atoms with Crippen LogP contribution in [0.5, 0.6) is 0 Å². The molecule has 1 aromatic carbocycles. The van der Waals surface area contributed by atoms with Crippen LogP contribution in [0.4, 0.5) is 0 Å². The van der Waals surface area contributed by atoms with Crippen LogP contribution < -0.4 is 5.32 Å². The van der Waals surface area contributed by atoms with Gasteiger partial charge in [0.2, 0.25) is 0 Å². The second-order valence-corrected chi connectivity index (χ2v) is 7.47. The van der Waals surface area contributed by atoms with E-state index in [1.807, 2.05) is 0 Å². The van der Waals surface area contributed by atoms with Gasteiger partial charge in [-0.15, -0.1) is 0 Å². The number of rotatable bonds is 4. The number of hydrogen-bond acceptors (Lipinski definition) is 3. The van der Waals surface area contributed by atoms with Gasteiger partial charge < -0.3 is 10.4 Å². The molecule has 1 saturated heterocycles. The molecule has 0 bridgehead atoms. The van der Waals surface area contributed by atoms with Crippen molar-refractivity contribution in [1.82, 2.24) is 10.2 Å². The fourth-order valence-electron chi connectivity index (χ4n) is 4.43. The van der Waals surface area contributed by atoms with E-state index in [4.69, 9.17) is 0 Å². The quantitative estimate of drug-likeness (QED) is 0.893. The van der Waals surface area contributed by atoms with Crippen molar-refractivity contribution in [2.75, 3.05) is 13.1 Å². The van der Waals surface area contributed by atoms with Gasteiger partial charge in [0.15, 0.2) is 0 Å². The van der Waals surface area contributed by atoms with Gasteiger partial charge in [0.05, 0.1) is 6.10 Å². The molecule has 3 atom stereocenters. The second kappa shape index (κ2) is 7.78. The maximum Gasteiger partial charge on any atom is 0.0695 e. The van der Waals surface area contributed by atoms with Crippen LogP contribution in [0.15, 0.2) is 24.3 Å². The van der Waals surface area contributed by atoms with Gasteiger partial charge in [0, 0.05) is 31.2 Å². The normalized spacial score (nSPS) is 28.7. The lowest BCUT2D eigenvalue weighted by Gasteiger charge is -2.42. The first kappa shape index (κ1) is 16.9. The lowest BCUT2D eigenvalue weighted by atomic mass is 9.89. The highest BCUT2D eigenvalue weighted by Gasteiger charge is 2.31. The molecule has 3 rings (SSSR count). The summed E-state index contributed by atoms with van der Waals surface area (Å²) in [7, 11) is 0. The Morgan fingerprint density at radius 1 is 1.09 bits per heavy atom. The van der Waals surface area contributed by atoms with Crippen molar-refractivity contribution in [2.24, 2.45) is 0 Å². The minimum Gasteiger partial charge on any atom is -0.391 e. The number of likely N-dealkylation sites (tertiary alicyclic amines) is 1. The largest absolute Gasteiger partial charge is 0.391 e. The summed E-state index contributed by atoms with van der Waals surface area (Å²) in [6, 6.07) is 10.1. The molecule has 1 aliphatic heterocycles. The van der Waals surface area contributed by atoms with Crippen LogP contribution in [-0.2, 0) is 0 Å². The predicted octanol–water partition coefficient (Wildman–Crippen LogP) is 3.41. The van der Waals surface area contributed by atoms with Gasteiger partial charge in [-0.1, -0.05) is 37.1 Å². The van der Waals surface area contributed by atoms with Crippen LogP contribution >= 0.6 is 0 Å². The first-order valence-electron chi connectivity index (χ1n) is 9.39. The highest BCUT2D eigenvalue weighted by Crippen LogP contribution is 2.27. The van der Waals surface area contributed by atoms with Crippen molar-refractivity contribution >= 4 is 0 Å². The zero-order valence-electron chi connectivity index (χ0n) is 14.7. The lowest BCUT2D eigenvalue weighted by Crippen LogP contribution is -2.51. The van der Waals surface area contributed by atoms with Crippen LogP contribution in [-0.4, -0.2) is 41.3 Å². The standard InChI is InChI=1S/C20H32N2O/c1-15-7-3-4-8-18(15)16(2)21-17-11-13-22(14-12-17)19-9-5-6-10-20(19)23/h3-4,7-8,16-17,19-21,23H,5-6,9-14H2,1-2H3. The summed E-state index contributed by atoms with van der Waals surface area (Å²) in [4.78, 5) is 2.54. The lowest BCUT2D eigenvalue weighted by molar-refractivity contribution is 0.00670. The summed E-state index contributed by atoms with van der Waals surface area (Å²) in [5, 5.41) is 14.1. The first-order valence-corrected chi connectivity index (χ1v) is 9.39. The van der Waals surface area contributed by atoms with E-state index >= 15 is 0 Å². The third-order valence-corrected chi connectivity index (χ3v) is 5.83. The van der Waals surface area contributed by atoms with E-state index < -0.39 is 0 Å². The summed E-state index contributed by atoms with van der Waals surface area (Å²) in [6.45, 7) is 6.72. The van der Waals surface area contributed by atoms with Gasteiger partial charge in [-0.2, -0.15) is 0 Å². The molecule has 3 heteroatoms. The maximum atomic E-state index is 10.3. The molecular formula is C20H32N2O. The van der Waals surface area contributed by atoms with E-state index in [9.17, 15) is 5.11 Å². The van der Waals surface area contributed by atoms with Crippen molar-refractivity contribution in [3.8, 4) is 0 Å². The number of benzene rings is 1. The minimum atomic E-state index is -0.0980. The Bertz CT molecular complexity index is 496. The molecule has 0 amide bonds. The summed E-state index contributed by atoms with van der Waals surface area (Å²) in [6.07, 6.45) is 6.94. The Balaban J connectivity index is 1.50. The smallest absolute Gasteiger partial charge is 0.0695 e. The molecule has 2 aliphatic rings. The van der Waals surface area contributed by atoms with Gasteiger partial charge in [-0.25, -0.2) is 0 Å². The van der Waals surface area contributed by atoms with Gasteiger partial charge in [0.1, 0.15) is 0 Å². The fourth-order valence-corrected chi connectivity index (χ4v) is 4.43. The number of nitrogens with one attached hydrogen (secondary N) is 1. The van der Waals surface area contributed by atoms with Crippen LogP contribution in [0.3, 0.4) is 0 Å². The Morgan fingerprint density at radius 2 is 1.78 bits per heavy atom. The van der Waals surface area contributed by atoms with Crippen LogP contribution in [0.2, 0.25) is 0 Å². The third-order valence-electron chi connectivity index (χ3n) is 5.83. The zero-order chi connectivity index (χ0) is 16.2. The van der Waals surface area contributed by atoms with Crippen molar-refractivity contribution in [2.45, 2.75) is 76.6 Å². The highest BCUT2D eigenvalue weighted by atomic mass is 16.3. The summed E-state index contributed by atoms with van der Waals surface area (Å²) in [5.41, 5.74) is 2.79. The molecule has 0 radical (unpaired) electrons. The molecule has 1 aliphatic carbocycles. The molecule has 1 aromatic rings. The van der Waals surface area contributed by atoms with Crippen molar-refractivity contribution in [1.29, 1.82) is 0 Å². The highest BCUT2D eigenvalue weighted by molar-refractivity contribution is 5.28. The molecule has 0 spiro atoms. The van der Waals surface area contributed by atoms with Gasteiger partial charge in [-0.05, 0) is 50.7 Å². The SMILES string of the molecule is Cc1ccccc1C(C)NC1CCN(C2CCCCC2O)CC1. The average molecular weight is 316 g/mol. The third kappa shape index (κ3) is 4.14. The molecular weight excluding hydrogens is 284 g/mol. The molecule has 2 fully saturated rings. The maximum absolute atomic E-state index is 10.3. The van der Waals surface area contributed by atoms with E-state index in [0.717, 1.165) is 19.5 Å². The average Bonchev–Trinajstić information content (AvgIpc) is 2.56. The van der Waals surface area contributed by atoms with E-state index in [0.29, 0.717) is 18.1 Å². The molecule has 1 saturated carbocycles. The van der Waals surface area contributed by atoms with E-state index in [-0.39, 0.29) is 6.10 Å². The summed E-state index contributed by atoms with van der Waals surface area (Å²) >= 11 is 0. The van der Waals surface area contributed by atoms with E-state index in [2.05, 4.69) is 48.3 Å². The van der Waals surface area contributed by atoms with Crippen LogP contribution in [0.1, 0.15) is 62.6 Å². The number of piperidine rings is 1. The predicted molar refractivity (Wildman–Crippen MR) is 95.6 cm³/mol. The summed E-state index contributed by atoms with van der Waals surface area (Å²) < 4.78 is 0. The number of aliphatic hydroxyl groups is 1. The Kier molecular flexibility index (Phi) is 5.73. The molecule has 128 valence electrons. The van der Waals surface area contributed by atoms with Crippen molar-refractivity contribution in [3.63, 3.8) is 0 Å². The topological polar surface area (TPSA) is 35.5 Å². The minimum absolute atomic E-state index is 0.0980. The zero-order valence-corrected chi connectivity index (χ0v) is 14.7. The molecule has 3 nitrogen and oxygen atoms in total. The fraction of sp³-hybridized carbons (Fsp3) is 0.700. The van der Waals surface area contributed by atoms with Gasteiger partial charge in [-0.3, -0.25) is 4.90 Å². The molecule has 23 heavy (non-hydrogen) atoms. The van der Waals surface area contributed by atoms with E-state index in [1.165, 1.54) is 43.2 Å². The molecule has 2 N–H and O–H groups in total. The Labute approximate surface area is 141 Å². The van der Waals surface area contributed by atoms with E-state index in [1.54, 1.807) is 0 Å².